The van der Waals surface area contributed by atoms with E-state index in [0.717, 1.165) is 11.1 Å². The maximum absolute atomic E-state index is 13.4. The molecule has 3 rings (SSSR count). The van der Waals surface area contributed by atoms with E-state index in [4.69, 9.17) is 9.94 Å². The van der Waals surface area contributed by atoms with Crippen molar-refractivity contribution in [3.8, 4) is 5.75 Å². The number of rotatable bonds is 3. The van der Waals surface area contributed by atoms with Gasteiger partial charge in [-0.2, -0.15) is 0 Å². The first-order chi connectivity index (χ1) is 12.8. The Morgan fingerprint density at radius 3 is 2.78 bits per heavy atom. The van der Waals surface area contributed by atoms with Gasteiger partial charge in [-0.05, 0) is 44.5 Å². The Labute approximate surface area is 157 Å². The van der Waals surface area contributed by atoms with E-state index >= 15 is 0 Å². The minimum absolute atomic E-state index is 0.0170. The van der Waals surface area contributed by atoms with Crippen LogP contribution in [0.5, 0.6) is 5.75 Å². The average Bonchev–Trinajstić information content (AvgIpc) is 2.86. The topological polar surface area (TPSA) is 91.8 Å². The second-order valence-corrected chi connectivity index (χ2v) is 7.22. The van der Waals surface area contributed by atoms with Crippen LogP contribution in [0.2, 0.25) is 0 Å². The van der Waals surface area contributed by atoms with Crippen LogP contribution in [0.4, 0.5) is 0 Å². The molecule has 2 amide bonds. The van der Waals surface area contributed by atoms with Gasteiger partial charge in [0.15, 0.2) is 0 Å². The maximum atomic E-state index is 13.4. The van der Waals surface area contributed by atoms with Gasteiger partial charge in [0.2, 0.25) is 5.91 Å². The molecular weight excluding hydrogens is 346 g/mol. The Morgan fingerprint density at radius 1 is 1.33 bits per heavy atom. The van der Waals surface area contributed by atoms with Gasteiger partial charge in [-0.3, -0.25) is 19.8 Å². The fraction of sp³-hybridized carbons (Fsp3) is 0.350. The van der Waals surface area contributed by atoms with Gasteiger partial charge in [0, 0.05) is 30.1 Å². The highest BCUT2D eigenvalue weighted by molar-refractivity contribution is 5.94. The number of nitrogens with zero attached hydrogens (tertiary/aromatic N) is 2. The fourth-order valence-corrected chi connectivity index (χ4v) is 3.15. The Hall–Kier alpha value is -2.93. The van der Waals surface area contributed by atoms with Crippen molar-refractivity contribution in [3.05, 3.63) is 59.4 Å². The summed E-state index contributed by atoms with van der Waals surface area (Å²) in [6.07, 6.45) is 3.40. The third kappa shape index (κ3) is 3.64. The van der Waals surface area contributed by atoms with Crippen molar-refractivity contribution in [1.82, 2.24) is 15.4 Å². The van der Waals surface area contributed by atoms with E-state index in [1.807, 2.05) is 32.9 Å². The zero-order chi connectivity index (χ0) is 19.6. The zero-order valence-electron chi connectivity index (χ0n) is 15.6. The summed E-state index contributed by atoms with van der Waals surface area (Å²) in [6, 6.07) is 8.50. The summed E-state index contributed by atoms with van der Waals surface area (Å²) in [5.74, 6) is -0.0848. The molecule has 2 N–H and O–H groups in total. The Bertz CT molecular complexity index is 852. The van der Waals surface area contributed by atoms with Crippen LogP contribution in [0.25, 0.3) is 0 Å². The molecule has 1 atom stereocenters. The number of hydrogen-bond acceptors (Lipinski definition) is 5. The largest absolute Gasteiger partial charge is 0.491 e. The van der Waals surface area contributed by atoms with Crippen molar-refractivity contribution < 1.29 is 19.5 Å². The number of fused-ring (bicyclic) bond motifs is 1. The monoisotopic (exact) mass is 369 g/mol. The molecule has 7 heteroatoms. The Morgan fingerprint density at radius 2 is 2.11 bits per heavy atom. The van der Waals surface area contributed by atoms with Crippen molar-refractivity contribution in [2.24, 2.45) is 0 Å². The predicted molar refractivity (Wildman–Crippen MR) is 98.5 cm³/mol. The number of carbonyl (C=O) groups excluding carboxylic acids is 2. The van der Waals surface area contributed by atoms with E-state index in [1.54, 1.807) is 41.0 Å². The summed E-state index contributed by atoms with van der Waals surface area (Å²) >= 11 is 0. The minimum atomic E-state index is -0.732. The number of pyridine rings is 1. The lowest BCUT2D eigenvalue weighted by atomic mass is 9.83. The first kappa shape index (κ1) is 18.8. The van der Waals surface area contributed by atoms with Crippen LogP contribution >= 0.6 is 0 Å². The normalized spacial score (nSPS) is 16.7. The quantitative estimate of drug-likeness (QED) is 0.640. The zero-order valence-corrected chi connectivity index (χ0v) is 15.6. The Balaban J connectivity index is 1.90. The number of aromatic nitrogens is 1. The molecule has 1 unspecified atom stereocenters. The van der Waals surface area contributed by atoms with Crippen molar-refractivity contribution in [2.75, 3.05) is 6.61 Å². The van der Waals surface area contributed by atoms with Crippen LogP contribution in [-0.2, 0) is 16.8 Å². The molecule has 2 aromatic rings. The van der Waals surface area contributed by atoms with Gasteiger partial charge in [-0.1, -0.05) is 12.1 Å². The molecule has 1 aromatic carbocycles. The number of ether oxygens (including phenoxy) is 1. The second kappa shape index (κ2) is 7.36. The third-order valence-corrected chi connectivity index (χ3v) is 4.96. The van der Waals surface area contributed by atoms with Gasteiger partial charge >= 0.3 is 0 Å². The molecule has 1 aliphatic heterocycles. The molecule has 7 nitrogen and oxygen atoms in total. The number of hydroxylamine groups is 1. The molecule has 1 aromatic heterocycles. The fourth-order valence-electron chi connectivity index (χ4n) is 3.15. The first-order valence-corrected chi connectivity index (χ1v) is 8.76. The third-order valence-electron chi connectivity index (χ3n) is 4.96. The van der Waals surface area contributed by atoms with Crippen molar-refractivity contribution in [2.45, 2.75) is 38.8 Å². The van der Waals surface area contributed by atoms with E-state index in [1.165, 1.54) is 0 Å². The lowest BCUT2D eigenvalue weighted by Gasteiger charge is -2.34. The van der Waals surface area contributed by atoms with E-state index in [9.17, 15) is 9.59 Å². The SMILES string of the molecule is CC1COc2cc(C(=O)NO)ccc2CN1C(=O)C(C)(C)c1cccnc1. The molecule has 0 fully saturated rings. The maximum Gasteiger partial charge on any atom is 0.274 e. The molecule has 0 spiro atoms. The summed E-state index contributed by atoms with van der Waals surface area (Å²) in [6.45, 7) is 6.40. The molecule has 0 bridgehead atoms. The molecule has 0 aliphatic carbocycles. The highest BCUT2D eigenvalue weighted by Gasteiger charge is 2.37. The highest BCUT2D eigenvalue weighted by atomic mass is 16.5. The van der Waals surface area contributed by atoms with E-state index in [2.05, 4.69) is 4.98 Å². The lowest BCUT2D eigenvalue weighted by molar-refractivity contribution is -0.139. The van der Waals surface area contributed by atoms with Crippen molar-refractivity contribution >= 4 is 11.8 Å². The lowest BCUT2D eigenvalue weighted by Crippen LogP contribution is -2.48. The van der Waals surface area contributed by atoms with Crippen LogP contribution in [0.3, 0.4) is 0 Å². The molecule has 142 valence electrons. The van der Waals surface area contributed by atoms with Gasteiger partial charge in [0.05, 0.1) is 11.5 Å². The molecule has 0 saturated carbocycles. The van der Waals surface area contributed by atoms with Gasteiger partial charge in [-0.15, -0.1) is 0 Å². The number of carbonyl (C=O) groups is 2. The molecule has 27 heavy (non-hydrogen) atoms. The smallest absolute Gasteiger partial charge is 0.274 e. The number of nitrogens with one attached hydrogen (secondary N) is 1. The summed E-state index contributed by atoms with van der Waals surface area (Å²) in [5.41, 5.74) is 2.83. The number of amides is 2. The van der Waals surface area contributed by atoms with Gasteiger partial charge in [0.1, 0.15) is 12.4 Å². The summed E-state index contributed by atoms with van der Waals surface area (Å²) < 4.78 is 5.83. The Kier molecular flexibility index (Phi) is 5.14. The van der Waals surface area contributed by atoms with Crippen LogP contribution in [0.1, 0.15) is 42.3 Å². The standard InChI is InChI=1S/C20H23N3O4/c1-13-12-27-17-9-14(18(24)22-26)6-7-15(17)11-23(13)19(25)20(2,3)16-5-4-8-21-10-16/h4-10,13,26H,11-12H2,1-3H3,(H,22,24). The van der Waals surface area contributed by atoms with Crippen molar-refractivity contribution in [3.63, 3.8) is 0 Å². The molecule has 0 saturated heterocycles. The first-order valence-electron chi connectivity index (χ1n) is 8.76. The highest BCUT2D eigenvalue weighted by Crippen LogP contribution is 2.31. The second-order valence-electron chi connectivity index (χ2n) is 7.22. The number of benzene rings is 1. The molecule has 1 aliphatic rings. The summed E-state index contributed by atoms with van der Waals surface area (Å²) in [5, 5.41) is 8.80. The van der Waals surface area contributed by atoms with Crippen LogP contribution in [0, 0.1) is 0 Å². The van der Waals surface area contributed by atoms with Gasteiger partial charge < -0.3 is 9.64 Å². The van der Waals surface area contributed by atoms with Gasteiger partial charge in [-0.25, -0.2) is 5.48 Å². The van der Waals surface area contributed by atoms with E-state index in [-0.39, 0.29) is 11.9 Å². The number of hydrogen-bond donors (Lipinski definition) is 2. The van der Waals surface area contributed by atoms with E-state index in [0.29, 0.717) is 24.5 Å². The van der Waals surface area contributed by atoms with Crippen LogP contribution in [0.15, 0.2) is 42.7 Å². The van der Waals surface area contributed by atoms with Gasteiger partial charge in [0.25, 0.3) is 5.91 Å². The van der Waals surface area contributed by atoms with Crippen LogP contribution in [-0.4, -0.2) is 39.6 Å². The molecular formula is C20H23N3O4. The van der Waals surface area contributed by atoms with Crippen molar-refractivity contribution in [1.29, 1.82) is 0 Å². The summed E-state index contributed by atoms with van der Waals surface area (Å²) in [4.78, 5) is 30.9. The minimum Gasteiger partial charge on any atom is -0.491 e. The van der Waals surface area contributed by atoms with Crippen LogP contribution < -0.4 is 10.2 Å². The molecule has 2 heterocycles. The molecule has 0 radical (unpaired) electrons. The van der Waals surface area contributed by atoms with E-state index < -0.39 is 11.3 Å². The summed E-state index contributed by atoms with van der Waals surface area (Å²) in [7, 11) is 0. The average molecular weight is 369 g/mol. The predicted octanol–water partition coefficient (Wildman–Crippen LogP) is 2.29.